The smallest absolute Gasteiger partial charge is 0.147 e. The number of oxime groups is 1. The van der Waals surface area contributed by atoms with Crippen LogP contribution in [0.15, 0.2) is 35.5 Å². The first-order chi connectivity index (χ1) is 9.63. The summed E-state index contributed by atoms with van der Waals surface area (Å²) in [5, 5.41) is 15.7. The maximum absolute atomic E-state index is 8.97. The van der Waals surface area contributed by atoms with Crippen molar-refractivity contribution in [2.75, 3.05) is 6.54 Å². The van der Waals surface area contributed by atoms with E-state index in [2.05, 4.69) is 31.2 Å². The highest BCUT2D eigenvalue weighted by molar-refractivity contribution is 5.87. The van der Waals surface area contributed by atoms with Gasteiger partial charge in [0.05, 0.1) is 5.92 Å². The Hall–Kier alpha value is -1.55. The maximum atomic E-state index is 8.97. The van der Waals surface area contributed by atoms with E-state index in [0.717, 1.165) is 18.4 Å². The molecule has 1 aromatic rings. The summed E-state index contributed by atoms with van der Waals surface area (Å²) < 4.78 is 0. The lowest BCUT2D eigenvalue weighted by Gasteiger charge is -2.25. The summed E-state index contributed by atoms with van der Waals surface area (Å²) in [7, 11) is 0. The molecule has 2 unspecified atom stereocenters. The lowest BCUT2D eigenvalue weighted by atomic mass is 9.93. The molecule has 4 heteroatoms. The standard InChI is InChI=1S/C16H27N3O/c1-4-13(5-2)12(3)18-11-15(16(17)19-20)14-9-7-6-8-10-14/h6-10,12-13,15,18,20H,4-5,11H2,1-3H3,(H2,17,19). The summed E-state index contributed by atoms with van der Waals surface area (Å²) in [5.41, 5.74) is 6.90. The van der Waals surface area contributed by atoms with Gasteiger partial charge in [-0.15, -0.1) is 0 Å². The Kier molecular flexibility index (Phi) is 7.09. The molecule has 0 aromatic heterocycles. The molecular formula is C16H27N3O. The molecular weight excluding hydrogens is 250 g/mol. The average molecular weight is 277 g/mol. The molecule has 0 saturated heterocycles. The summed E-state index contributed by atoms with van der Waals surface area (Å²) >= 11 is 0. The molecule has 0 spiro atoms. The van der Waals surface area contributed by atoms with Gasteiger partial charge in [0.2, 0.25) is 0 Å². The Morgan fingerprint density at radius 3 is 2.35 bits per heavy atom. The van der Waals surface area contributed by atoms with Gasteiger partial charge in [-0.2, -0.15) is 0 Å². The van der Waals surface area contributed by atoms with E-state index >= 15 is 0 Å². The van der Waals surface area contributed by atoms with Gasteiger partial charge in [0, 0.05) is 12.6 Å². The van der Waals surface area contributed by atoms with Crippen LogP contribution in [0.2, 0.25) is 0 Å². The van der Waals surface area contributed by atoms with Crippen molar-refractivity contribution in [1.82, 2.24) is 5.32 Å². The van der Waals surface area contributed by atoms with E-state index in [-0.39, 0.29) is 11.8 Å². The minimum atomic E-state index is -0.0991. The van der Waals surface area contributed by atoms with Gasteiger partial charge in [0.25, 0.3) is 0 Å². The fraction of sp³-hybridized carbons (Fsp3) is 0.562. The highest BCUT2D eigenvalue weighted by Gasteiger charge is 2.19. The van der Waals surface area contributed by atoms with Crippen LogP contribution in [0.3, 0.4) is 0 Å². The van der Waals surface area contributed by atoms with Crippen molar-refractivity contribution in [2.24, 2.45) is 16.8 Å². The highest BCUT2D eigenvalue weighted by atomic mass is 16.4. The monoisotopic (exact) mass is 277 g/mol. The molecule has 0 aliphatic rings. The Morgan fingerprint density at radius 1 is 1.25 bits per heavy atom. The molecule has 1 rings (SSSR count). The molecule has 112 valence electrons. The minimum absolute atomic E-state index is 0.0991. The molecule has 4 nitrogen and oxygen atoms in total. The van der Waals surface area contributed by atoms with Crippen molar-refractivity contribution in [3.05, 3.63) is 35.9 Å². The van der Waals surface area contributed by atoms with Crippen molar-refractivity contribution in [3.8, 4) is 0 Å². The second-order valence-electron chi connectivity index (χ2n) is 5.26. The molecule has 0 amide bonds. The van der Waals surface area contributed by atoms with Gasteiger partial charge in [-0.3, -0.25) is 0 Å². The molecule has 0 aliphatic carbocycles. The SMILES string of the molecule is CCC(CC)C(C)NCC(C(N)=NO)c1ccccc1. The number of nitrogens with two attached hydrogens (primary N) is 1. The molecule has 0 saturated carbocycles. The van der Waals surface area contributed by atoms with Gasteiger partial charge >= 0.3 is 0 Å². The summed E-state index contributed by atoms with van der Waals surface area (Å²) in [4.78, 5) is 0. The summed E-state index contributed by atoms with van der Waals surface area (Å²) in [5.74, 6) is 0.803. The molecule has 20 heavy (non-hydrogen) atoms. The molecule has 1 aromatic carbocycles. The van der Waals surface area contributed by atoms with E-state index in [9.17, 15) is 0 Å². The van der Waals surface area contributed by atoms with Crippen molar-refractivity contribution >= 4 is 5.84 Å². The van der Waals surface area contributed by atoms with Gasteiger partial charge < -0.3 is 16.3 Å². The molecule has 2 atom stereocenters. The van der Waals surface area contributed by atoms with Crippen molar-refractivity contribution in [2.45, 2.75) is 45.6 Å². The number of rotatable bonds is 8. The van der Waals surface area contributed by atoms with Gasteiger partial charge in [-0.25, -0.2) is 0 Å². The molecule has 0 bridgehead atoms. The lowest BCUT2D eigenvalue weighted by Crippen LogP contribution is -2.39. The third-order valence-electron chi connectivity index (χ3n) is 4.07. The lowest BCUT2D eigenvalue weighted by molar-refractivity contribution is 0.314. The van der Waals surface area contributed by atoms with Gasteiger partial charge in [0.15, 0.2) is 0 Å². The average Bonchev–Trinajstić information content (AvgIpc) is 2.49. The number of benzene rings is 1. The first kappa shape index (κ1) is 16.5. The third kappa shape index (κ3) is 4.53. The van der Waals surface area contributed by atoms with Crippen LogP contribution in [-0.4, -0.2) is 23.6 Å². The number of hydrogen-bond donors (Lipinski definition) is 3. The predicted molar refractivity (Wildman–Crippen MR) is 84.1 cm³/mol. The molecule has 4 N–H and O–H groups in total. The summed E-state index contributed by atoms with van der Waals surface area (Å²) in [6.07, 6.45) is 2.31. The Balaban J connectivity index is 2.73. The van der Waals surface area contributed by atoms with Crippen LogP contribution in [-0.2, 0) is 0 Å². The van der Waals surface area contributed by atoms with Crippen LogP contribution in [0, 0.1) is 5.92 Å². The quantitative estimate of drug-likeness (QED) is 0.296. The first-order valence-corrected chi connectivity index (χ1v) is 7.39. The molecule has 0 heterocycles. The number of nitrogens with one attached hydrogen (secondary N) is 1. The summed E-state index contributed by atoms with van der Waals surface area (Å²) in [6, 6.07) is 10.3. The van der Waals surface area contributed by atoms with E-state index in [0.29, 0.717) is 18.5 Å². The Bertz CT molecular complexity index is 401. The normalized spacial score (nSPS) is 15.3. The van der Waals surface area contributed by atoms with E-state index in [1.54, 1.807) is 0 Å². The number of hydrogen-bond acceptors (Lipinski definition) is 3. The van der Waals surface area contributed by atoms with Crippen LogP contribution in [0.5, 0.6) is 0 Å². The molecule has 0 radical (unpaired) electrons. The fourth-order valence-electron chi connectivity index (χ4n) is 2.61. The van der Waals surface area contributed by atoms with Crippen LogP contribution in [0.4, 0.5) is 0 Å². The third-order valence-corrected chi connectivity index (χ3v) is 4.07. The van der Waals surface area contributed by atoms with Crippen molar-refractivity contribution < 1.29 is 5.21 Å². The van der Waals surface area contributed by atoms with Crippen LogP contribution >= 0.6 is 0 Å². The number of nitrogens with zero attached hydrogens (tertiary/aromatic N) is 1. The Morgan fingerprint density at radius 2 is 1.85 bits per heavy atom. The fourth-order valence-corrected chi connectivity index (χ4v) is 2.61. The Labute approximate surface area is 122 Å². The minimum Gasteiger partial charge on any atom is -0.409 e. The molecule has 0 fully saturated rings. The summed E-state index contributed by atoms with van der Waals surface area (Å²) in [6.45, 7) is 7.30. The zero-order valence-electron chi connectivity index (χ0n) is 12.7. The van der Waals surface area contributed by atoms with Gasteiger partial charge in [-0.05, 0) is 18.4 Å². The highest BCUT2D eigenvalue weighted by Crippen LogP contribution is 2.17. The first-order valence-electron chi connectivity index (χ1n) is 7.39. The van der Waals surface area contributed by atoms with Crippen molar-refractivity contribution in [1.29, 1.82) is 0 Å². The maximum Gasteiger partial charge on any atom is 0.147 e. The zero-order chi connectivity index (χ0) is 15.0. The zero-order valence-corrected chi connectivity index (χ0v) is 12.7. The predicted octanol–water partition coefficient (Wildman–Crippen LogP) is 2.93. The topological polar surface area (TPSA) is 70.6 Å². The van der Waals surface area contributed by atoms with E-state index in [1.807, 2.05) is 30.3 Å². The van der Waals surface area contributed by atoms with E-state index in [4.69, 9.17) is 10.9 Å². The van der Waals surface area contributed by atoms with Crippen LogP contribution in [0.25, 0.3) is 0 Å². The van der Waals surface area contributed by atoms with Crippen LogP contribution in [0.1, 0.15) is 45.1 Å². The number of amidine groups is 1. The van der Waals surface area contributed by atoms with E-state index < -0.39 is 0 Å². The molecule has 0 aliphatic heterocycles. The second-order valence-corrected chi connectivity index (χ2v) is 5.26. The second kappa shape index (κ2) is 8.59. The largest absolute Gasteiger partial charge is 0.409 e. The van der Waals surface area contributed by atoms with Crippen LogP contribution < -0.4 is 11.1 Å². The van der Waals surface area contributed by atoms with Crippen molar-refractivity contribution in [3.63, 3.8) is 0 Å². The van der Waals surface area contributed by atoms with E-state index in [1.165, 1.54) is 0 Å². The van der Waals surface area contributed by atoms with Gasteiger partial charge in [0.1, 0.15) is 5.84 Å². The van der Waals surface area contributed by atoms with Gasteiger partial charge in [-0.1, -0.05) is 62.2 Å².